The van der Waals surface area contributed by atoms with Gasteiger partial charge in [0.2, 0.25) is 10.0 Å². The number of halogens is 1. The topological polar surface area (TPSA) is 66.5 Å². The normalized spacial score (nSPS) is 13.1. The number of sulfonamides is 1. The van der Waals surface area contributed by atoms with Crippen LogP contribution in [0.15, 0.2) is 42.5 Å². The van der Waals surface area contributed by atoms with Gasteiger partial charge in [-0.05, 0) is 41.7 Å². The lowest BCUT2D eigenvalue weighted by Gasteiger charge is -2.21. The number of nitrogens with one attached hydrogen (secondary N) is 1. The molecule has 1 atom stereocenters. The molecule has 0 aliphatic heterocycles. The van der Waals surface area contributed by atoms with E-state index in [1.807, 2.05) is 19.1 Å². The standard InChI is InChI=1S/C21H27ClN2O3S/c1-14(15-7-9-16(10-8-15)21(2,3)4)23-20(25)18-12-11-17(13-19(18)22)24(5)28(6,26)27/h7-14H,1-6H3,(H,23,25). The zero-order valence-electron chi connectivity index (χ0n) is 17.1. The van der Waals surface area contributed by atoms with Crippen molar-refractivity contribution >= 4 is 33.2 Å². The highest BCUT2D eigenvalue weighted by atomic mass is 35.5. The molecule has 0 aromatic heterocycles. The quantitative estimate of drug-likeness (QED) is 0.770. The fraction of sp³-hybridized carbons (Fsp3) is 0.381. The van der Waals surface area contributed by atoms with E-state index in [-0.39, 0.29) is 22.4 Å². The molecule has 0 heterocycles. The SMILES string of the molecule is CC(NC(=O)c1ccc(N(C)S(C)(=O)=O)cc1Cl)c1ccc(C(C)(C)C)cc1. The molecule has 28 heavy (non-hydrogen) atoms. The molecule has 0 saturated heterocycles. The predicted octanol–water partition coefficient (Wildman–Crippen LogP) is 4.52. The van der Waals surface area contributed by atoms with Gasteiger partial charge in [-0.3, -0.25) is 9.10 Å². The number of carbonyl (C=O) groups is 1. The van der Waals surface area contributed by atoms with Crippen LogP contribution in [0, 0.1) is 0 Å². The van der Waals surface area contributed by atoms with Gasteiger partial charge in [-0.1, -0.05) is 56.6 Å². The van der Waals surface area contributed by atoms with Crippen LogP contribution in [0.2, 0.25) is 5.02 Å². The molecule has 5 nitrogen and oxygen atoms in total. The Hall–Kier alpha value is -2.05. The van der Waals surface area contributed by atoms with Crippen LogP contribution in [0.25, 0.3) is 0 Å². The van der Waals surface area contributed by atoms with Crippen molar-refractivity contribution in [3.05, 3.63) is 64.2 Å². The average molecular weight is 423 g/mol. The fourth-order valence-electron chi connectivity index (χ4n) is 2.71. The zero-order valence-corrected chi connectivity index (χ0v) is 18.6. The monoisotopic (exact) mass is 422 g/mol. The van der Waals surface area contributed by atoms with E-state index < -0.39 is 10.0 Å². The molecule has 152 valence electrons. The highest BCUT2D eigenvalue weighted by molar-refractivity contribution is 7.92. The Labute approximate surface area is 172 Å². The van der Waals surface area contributed by atoms with Crippen LogP contribution in [0.5, 0.6) is 0 Å². The number of carbonyl (C=O) groups excluding carboxylic acids is 1. The molecule has 0 aliphatic rings. The van der Waals surface area contributed by atoms with Gasteiger partial charge in [0.05, 0.1) is 28.6 Å². The van der Waals surface area contributed by atoms with Crippen LogP contribution >= 0.6 is 11.6 Å². The summed E-state index contributed by atoms with van der Waals surface area (Å²) in [6.07, 6.45) is 1.11. The molecule has 0 radical (unpaired) electrons. The van der Waals surface area contributed by atoms with E-state index in [9.17, 15) is 13.2 Å². The van der Waals surface area contributed by atoms with E-state index in [0.29, 0.717) is 11.3 Å². The summed E-state index contributed by atoms with van der Waals surface area (Å²) >= 11 is 6.24. The molecule has 0 saturated carbocycles. The highest BCUT2D eigenvalue weighted by Crippen LogP contribution is 2.26. The first kappa shape index (κ1) is 22.2. The van der Waals surface area contributed by atoms with Gasteiger partial charge in [-0.25, -0.2) is 8.42 Å². The molecule has 0 fully saturated rings. The van der Waals surface area contributed by atoms with E-state index in [0.717, 1.165) is 16.1 Å². The van der Waals surface area contributed by atoms with Gasteiger partial charge in [0, 0.05) is 7.05 Å². The van der Waals surface area contributed by atoms with Gasteiger partial charge >= 0.3 is 0 Å². The maximum atomic E-state index is 12.6. The Balaban J connectivity index is 2.16. The van der Waals surface area contributed by atoms with E-state index in [1.54, 1.807) is 6.07 Å². The number of benzene rings is 2. The number of rotatable bonds is 5. The van der Waals surface area contributed by atoms with Gasteiger partial charge in [0.1, 0.15) is 0 Å². The lowest BCUT2D eigenvalue weighted by atomic mass is 9.86. The van der Waals surface area contributed by atoms with Gasteiger partial charge in [-0.2, -0.15) is 0 Å². The number of hydrogen-bond acceptors (Lipinski definition) is 3. The summed E-state index contributed by atoms with van der Waals surface area (Å²) in [4.78, 5) is 12.6. The summed E-state index contributed by atoms with van der Waals surface area (Å²) in [5.41, 5.74) is 2.98. The molecule has 1 amide bonds. The van der Waals surface area contributed by atoms with Crippen molar-refractivity contribution in [1.82, 2.24) is 5.32 Å². The van der Waals surface area contributed by atoms with E-state index in [1.165, 1.54) is 24.7 Å². The molecule has 2 aromatic carbocycles. The molecule has 0 aliphatic carbocycles. The van der Waals surface area contributed by atoms with Crippen molar-refractivity contribution in [2.45, 2.75) is 39.2 Å². The first-order valence-electron chi connectivity index (χ1n) is 8.95. The first-order chi connectivity index (χ1) is 12.8. The maximum absolute atomic E-state index is 12.6. The Morgan fingerprint density at radius 1 is 1.11 bits per heavy atom. The number of nitrogens with zero attached hydrogens (tertiary/aromatic N) is 1. The third-order valence-electron chi connectivity index (χ3n) is 4.68. The van der Waals surface area contributed by atoms with Gasteiger partial charge in [0.25, 0.3) is 5.91 Å². The second kappa shape index (κ2) is 8.13. The minimum atomic E-state index is -3.40. The van der Waals surface area contributed by atoms with Crippen LogP contribution in [0.4, 0.5) is 5.69 Å². The van der Waals surface area contributed by atoms with Gasteiger partial charge in [-0.15, -0.1) is 0 Å². The molecule has 7 heteroatoms. The zero-order chi connectivity index (χ0) is 21.3. The highest BCUT2D eigenvalue weighted by Gasteiger charge is 2.19. The predicted molar refractivity (Wildman–Crippen MR) is 116 cm³/mol. The van der Waals surface area contributed by atoms with Crippen molar-refractivity contribution in [3.8, 4) is 0 Å². The van der Waals surface area contributed by atoms with Crippen LogP contribution in [-0.2, 0) is 15.4 Å². The Kier molecular flexibility index (Phi) is 6.46. The molecule has 0 bridgehead atoms. The summed E-state index contributed by atoms with van der Waals surface area (Å²) in [6.45, 7) is 8.37. The van der Waals surface area contributed by atoms with Gasteiger partial charge in [0.15, 0.2) is 0 Å². The molecule has 2 aromatic rings. The van der Waals surface area contributed by atoms with Crippen molar-refractivity contribution < 1.29 is 13.2 Å². The maximum Gasteiger partial charge on any atom is 0.253 e. The third kappa shape index (κ3) is 5.26. The average Bonchev–Trinajstić information content (AvgIpc) is 2.59. The Bertz CT molecular complexity index is 964. The second-order valence-corrected chi connectivity index (χ2v) is 10.4. The summed E-state index contributed by atoms with van der Waals surface area (Å²) < 4.78 is 24.4. The van der Waals surface area contributed by atoms with Crippen molar-refractivity contribution in [2.75, 3.05) is 17.6 Å². The summed E-state index contributed by atoms with van der Waals surface area (Å²) in [7, 11) is -1.97. The number of amides is 1. The van der Waals surface area contributed by atoms with Gasteiger partial charge < -0.3 is 5.32 Å². The molecular formula is C21H27ClN2O3S. The minimum absolute atomic E-state index is 0.0689. The lowest BCUT2D eigenvalue weighted by Crippen LogP contribution is -2.27. The summed E-state index contributed by atoms with van der Waals surface area (Å²) in [5, 5.41) is 3.13. The molecule has 2 rings (SSSR count). The van der Waals surface area contributed by atoms with E-state index >= 15 is 0 Å². The summed E-state index contributed by atoms with van der Waals surface area (Å²) in [5.74, 6) is -0.314. The largest absolute Gasteiger partial charge is 0.345 e. The van der Waals surface area contributed by atoms with Crippen LogP contribution < -0.4 is 9.62 Å². The second-order valence-electron chi connectivity index (χ2n) is 7.96. The van der Waals surface area contributed by atoms with Crippen molar-refractivity contribution in [3.63, 3.8) is 0 Å². The van der Waals surface area contributed by atoms with Crippen molar-refractivity contribution in [2.24, 2.45) is 0 Å². The fourth-order valence-corrected chi connectivity index (χ4v) is 3.46. The lowest BCUT2D eigenvalue weighted by molar-refractivity contribution is 0.0940. The van der Waals surface area contributed by atoms with Crippen LogP contribution in [0.1, 0.15) is 55.2 Å². The molecule has 1 unspecified atom stereocenters. The van der Waals surface area contributed by atoms with Crippen LogP contribution in [-0.4, -0.2) is 27.6 Å². The number of hydrogen-bond donors (Lipinski definition) is 1. The summed E-state index contributed by atoms with van der Waals surface area (Å²) in [6, 6.07) is 12.5. The molecular weight excluding hydrogens is 396 g/mol. The van der Waals surface area contributed by atoms with Crippen molar-refractivity contribution in [1.29, 1.82) is 0 Å². The Morgan fingerprint density at radius 2 is 1.68 bits per heavy atom. The van der Waals surface area contributed by atoms with E-state index in [2.05, 4.69) is 38.2 Å². The minimum Gasteiger partial charge on any atom is -0.345 e. The third-order valence-corrected chi connectivity index (χ3v) is 6.20. The smallest absolute Gasteiger partial charge is 0.253 e. The molecule has 0 spiro atoms. The Morgan fingerprint density at radius 3 is 2.14 bits per heavy atom. The first-order valence-corrected chi connectivity index (χ1v) is 11.2. The van der Waals surface area contributed by atoms with Crippen LogP contribution in [0.3, 0.4) is 0 Å². The number of anilines is 1. The molecule has 1 N–H and O–H groups in total. The van der Waals surface area contributed by atoms with E-state index in [4.69, 9.17) is 11.6 Å².